The van der Waals surface area contributed by atoms with E-state index in [1.54, 1.807) is 0 Å². The molecule has 2 aliphatic heterocycles. The minimum absolute atomic E-state index is 0.186. The fraction of sp³-hybridized carbons (Fsp3) is 0.522. The van der Waals surface area contributed by atoms with Crippen LogP contribution in [0.4, 0.5) is 10.1 Å². The number of fused-ring (bicyclic) bond motifs is 1. The Hall–Kier alpha value is -2.34. The van der Waals surface area contributed by atoms with Crippen LogP contribution in [0.2, 0.25) is 0 Å². The molecule has 4 rings (SSSR count). The maximum atomic E-state index is 13.1. The highest BCUT2D eigenvalue weighted by Gasteiger charge is 2.24. The topological polar surface area (TPSA) is 31.7 Å². The number of carbonyl (C=O) groups is 1. The van der Waals surface area contributed by atoms with Crippen LogP contribution >= 0.6 is 0 Å². The van der Waals surface area contributed by atoms with Crippen molar-refractivity contribution in [1.82, 2.24) is 14.4 Å². The highest BCUT2D eigenvalue weighted by Crippen LogP contribution is 2.21. The van der Waals surface area contributed by atoms with E-state index in [0.717, 1.165) is 82.9 Å². The van der Waals surface area contributed by atoms with E-state index in [1.165, 1.54) is 17.7 Å². The van der Waals surface area contributed by atoms with Crippen molar-refractivity contribution in [3.63, 3.8) is 0 Å². The van der Waals surface area contributed by atoms with Crippen LogP contribution in [0.1, 0.15) is 35.7 Å². The van der Waals surface area contributed by atoms with E-state index >= 15 is 0 Å². The number of aryl methyl sites for hydroxylation is 2. The van der Waals surface area contributed by atoms with Crippen LogP contribution in [-0.2, 0) is 13.0 Å². The van der Waals surface area contributed by atoms with Crippen LogP contribution in [0.5, 0.6) is 0 Å². The Morgan fingerprint density at radius 1 is 0.966 bits per heavy atom. The normalized spacial score (nSPS) is 18.1. The number of benzene rings is 1. The van der Waals surface area contributed by atoms with Gasteiger partial charge in [-0.3, -0.25) is 9.69 Å². The molecular weight excluding hydrogens is 367 g/mol. The van der Waals surface area contributed by atoms with E-state index in [1.807, 2.05) is 23.2 Å². The van der Waals surface area contributed by atoms with Gasteiger partial charge in [-0.05, 0) is 62.6 Å². The molecule has 1 amide bonds. The molecule has 6 heteroatoms. The number of anilines is 1. The molecular formula is C23H31FN4O. The van der Waals surface area contributed by atoms with Crippen molar-refractivity contribution in [2.45, 2.75) is 32.7 Å². The van der Waals surface area contributed by atoms with Gasteiger partial charge in [-0.2, -0.15) is 0 Å². The first kappa shape index (κ1) is 20.0. The SMILES string of the molecule is CCn1cc2c(c1)C(=O)N(CCCN1CCN(c3ccc(F)cc3)CC1)CCC2. The lowest BCUT2D eigenvalue weighted by Crippen LogP contribution is -2.47. The Kier molecular flexibility index (Phi) is 6.19. The van der Waals surface area contributed by atoms with Gasteiger partial charge < -0.3 is 14.4 Å². The Morgan fingerprint density at radius 2 is 1.72 bits per heavy atom. The first-order valence-corrected chi connectivity index (χ1v) is 10.8. The van der Waals surface area contributed by atoms with Gasteiger partial charge in [-0.15, -0.1) is 0 Å². The van der Waals surface area contributed by atoms with Crippen LogP contribution in [0.3, 0.4) is 0 Å². The molecule has 0 saturated carbocycles. The summed E-state index contributed by atoms with van der Waals surface area (Å²) in [6.45, 7) is 9.66. The van der Waals surface area contributed by atoms with E-state index < -0.39 is 0 Å². The van der Waals surface area contributed by atoms with Crippen molar-refractivity contribution in [3.05, 3.63) is 53.6 Å². The second-order valence-corrected chi connectivity index (χ2v) is 8.08. The second kappa shape index (κ2) is 8.99. The summed E-state index contributed by atoms with van der Waals surface area (Å²) in [7, 11) is 0. The van der Waals surface area contributed by atoms with Gasteiger partial charge in [-0.1, -0.05) is 0 Å². The van der Waals surface area contributed by atoms with Gasteiger partial charge in [0.25, 0.3) is 5.91 Å². The third kappa shape index (κ3) is 4.64. The maximum Gasteiger partial charge on any atom is 0.255 e. The van der Waals surface area contributed by atoms with Crippen molar-refractivity contribution >= 4 is 11.6 Å². The Bertz CT molecular complexity index is 824. The van der Waals surface area contributed by atoms with Gasteiger partial charge >= 0.3 is 0 Å². The Labute approximate surface area is 172 Å². The number of halogens is 1. The average Bonchev–Trinajstić information content (AvgIpc) is 3.10. The van der Waals surface area contributed by atoms with Crippen LogP contribution in [0.25, 0.3) is 0 Å². The molecule has 1 aromatic heterocycles. The zero-order valence-corrected chi connectivity index (χ0v) is 17.3. The van der Waals surface area contributed by atoms with E-state index in [9.17, 15) is 9.18 Å². The van der Waals surface area contributed by atoms with Crippen LogP contribution in [-0.4, -0.2) is 66.1 Å². The predicted molar refractivity (Wildman–Crippen MR) is 114 cm³/mol. The zero-order valence-electron chi connectivity index (χ0n) is 17.3. The number of hydrogen-bond donors (Lipinski definition) is 0. The molecule has 3 heterocycles. The molecule has 0 aliphatic carbocycles. The van der Waals surface area contributed by atoms with Crippen molar-refractivity contribution in [3.8, 4) is 0 Å². The van der Waals surface area contributed by atoms with E-state index in [4.69, 9.17) is 0 Å². The van der Waals surface area contributed by atoms with Crippen molar-refractivity contribution in [2.24, 2.45) is 0 Å². The molecule has 1 aromatic carbocycles. The molecule has 0 atom stereocenters. The first-order chi connectivity index (χ1) is 14.1. The largest absolute Gasteiger partial charge is 0.369 e. The molecule has 0 N–H and O–H groups in total. The van der Waals surface area contributed by atoms with Crippen LogP contribution in [0, 0.1) is 5.82 Å². The Morgan fingerprint density at radius 3 is 2.45 bits per heavy atom. The molecule has 5 nitrogen and oxygen atoms in total. The zero-order chi connectivity index (χ0) is 20.2. The Balaban J connectivity index is 1.24. The van der Waals surface area contributed by atoms with Gasteiger partial charge in [0.05, 0.1) is 5.56 Å². The summed E-state index contributed by atoms with van der Waals surface area (Å²) in [6, 6.07) is 6.77. The van der Waals surface area contributed by atoms with Crippen molar-refractivity contribution < 1.29 is 9.18 Å². The number of hydrogen-bond acceptors (Lipinski definition) is 3. The number of carbonyl (C=O) groups excluding carboxylic acids is 1. The van der Waals surface area contributed by atoms with Gasteiger partial charge in [0.2, 0.25) is 0 Å². The van der Waals surface area contributed by atoms with Gasteiger partial charge in [0, 0.05) is 63.9 Å². The van der Waals surface area contributed by atoms with E-state index in [-0.39, 0.29) is 11.7 Å². The quantitative estimate of drug-likeness (QED) is 0.749. The number of aromatic nitrogens is 1. The van der Waals surface area contributed by atoms with Crippen LogP contribution < -0.4 is 4.90 Å². The fourth-order valence-electron chi connectivity index (χ4n) is 4.44. The third-order valence-corrected chi connectivity index (χ3v) is 6.19. The lowest BCUT2D eigenvalue weighted by molar-refractivity contribution is 0.0752. The number of nitrogens with zero attached hydrogens (tertiary/aromatic N) is 4. The molecule has 2 aliphatic rings. The maximum absolute atomic E-state index is 13.1. The van der Waals surface area contributed by atoms with Gasteiger partial charge in [0.1, 0.15) is 5.82 Å². The predicted octanol–water partition coefficient (Wildman–Crippen LogP) is 3.25. The van der Waals surface area contributed by atoms with E-state index in [0.29, 0.717) is 0 Å². The molecule has 2 aromatic rings. The van der Waals surface area contributed by atoms with Gasteiger partial charge in [-0.25, -0.2) is 4.39 Å². The molecule has 1 saturated heterocycles. The van der Waals surface area contributed by atoms with Crippen molar-refractivity contribution in [1.29, 1.82) is 0 Å². The highest BCUT2D eigenvalue weighted by molar-refractivity contribution is 5.96. The summed E-state index contributed by atoms with van der Waals surface area (Å²) in [5.41, 5.74) is 3.20. The molecule has 0 radical (unpaired) electrons. The lowest BCUT2D eigenvalue weighted by Gasteiger charge is -2.36. The van der Waals surface area contributed by atoms with Crippen LogP contribution in [0.15, 0.2) is 36.7 Å². The van der Waals surface area contributed by atoms with E-state index in [2.05, 4.69) is 27.5 Å². The summed E-state index contributed by atoms with van der Waals surface area (Å²) in [4.78, 5) is 19.8. The highest BCUT2D eigenvalue weighted by atomic mass is 19.1. The minimum atomic E-state index is -0.186. The summed E-state index contributed by atoms with van der Waals surface area (Å²) >= 11 is 0. The standard InChI is InChI=1S/C23H31FN4O/c1-2-25-17-19-5-3-11-28(23(29)22(19)18-25)12-4-10-26-13-15-27(16-14-26)21-8-6-20(24)7-9-21/h6-9,17-18H,2-5,10-16H2,1H3. The summed E-state index contributed by atoms with van der Waals surface area (Å²) in [5.74, 6) is 0.0136. The number of amides is 1. The number of piperazine rings is 1. The molecule has 0 bridgehead atoms. The smallest absolute Gasteiger partial charge is 0.255 e. The third-order valence-electron chi connectivity index (χ3n) is 6.19. The molecule has 156 valence electrons. The summed E-state index contributed by atoms with van der Waals surface area (Å²) in [6.07, 6.45) is 7.20. The first-order valence-electron chi connectivity index (χ1n) is 10.8. The van der Waals surface area contributed by atoms with Gasteiger partial charge in [0.15, 0.2) is 0 Å². The second-order valence-electron chi connectivity index (χ2n) is 8.08. The summed E-state index contributed by atoms with van der Waals surface area (Å²) in [5, 5.41) is 0. The van der Waals surface area contributed by atoms with Crippen molar-refractivity contribution in [2.75, 3.05) is 50.7 Å². The lowest BCUT2D eigenvalue weighted by atomic mass is 10.1. The number of rotatable bonds is 6. The molecule has 29 heavy (non-hydrogen) atoms. The monoisotopic (exact) mass is 398 g/mol. The molecule has 0 spiro atoms. The average molecular weight is 399 g/mol. The molecule has 0 unspecified atom stereocenters. The molecule has 1 fully saturated rings. The fourth-order valence-corrected chi connectivity index (χ4v) is 4.44. The minimum Gasteiger partial charge on any atom is -0.369 e. The summed E-state index contributed by atoms with van der Waals surface area (Å²) < 4.78 is 15.2.